The minimum absolute atomic E-state index is 0.00832. The molecule has 1 amide bonds. The van der Waals surface area contributed by atoms with Crippen molar-refractivity contribution in [3.63, 3.8) is 0 Å². The van der Waals surface area contributed by atoms with Gasteiger partial charge >= 0.3 is 0 Å². The lowest BCUT2D eigenvalue weighted by atomic mass is 10.1. The van der Waals surface area contributed by atoms with E-state index >= 15 is 0 Å². The van der Waals surface area contributed by atoms with Crippen molar-refractivity contribution in [3.8, 4) is 11.5 Å². The molecule has 4 aromatic rings. The smallest absolute Gasteiger partial charge is 0.262 e. The van der Waals surface area contributed by atoms with Crippen molar-refractivity contribution in [2.24, 2.45) is 0 Å². The molecule has 1 saturated heterocycles. The lowest BCUT2D eigenvalue weighted by Gasteiger charge is -2.36. The van der Waals surface area contributed by atoms with Gasteiger partial charge in [0.25, 0.3) is 11.5 Å². The van der Waals surface area contributed by atoms with Gasteiger partial charge < -0.3 is 24.3 Å². The molecule has 208 valence electrons. The summed E-state index contributed by atoms with van der Waals surface area (Å²) in [6.45, 7) is 7.70. The number of aromatic nitrogens is 2. The summed E-state index contributed by atoms with van der Waals surface area (Å²) in [6.07, 6.45) is 0. The van der Waals surface area contributed by atoms with E-state index in [1.54, 1.807) is 24.3 Å². The molecule has 1 N–H and O–H groups in total. The van der Waals surface area contributed by atoms with Crippen LogP contribution in [0.5, 0.6) is 11.5 Å². The molecule has 0 unspecified atom stereocenters. The van der Waals surface area contributed by atoms with Crippen molar-refractivity contribution in [2.75, 3.05) is 44.3 Å². The van der Waals surface area contributed by atoms with Gasteiger partial charge in [-0.3, -0.25) is 14.2 Å². The predicted octanol–water partition coefficient (Wildman–Crippen LogP) is 5.52. The van der Waals surface area contributed by atoms with Crippen molar-refractivity contribution >= 4 is 46.3 Å². The minimum Gasteiger partial charge on any atom is -0.490 e. The molecule has 1 fully saturated rings. The number of ether oxygens (including phenoxy) is 2. The van der Waals surface area contributed by atoms with Gasteiger partial charge in [0.1, 0.15) is 0 Å². The standard InChI is InChI=1S/C30H31ClN4O4S/c1-3-38-26-17-24-25(18-27(26)39-4-2)32-30(40)35(29(24)37)19-20-8-10-21(11-9-20)28(36)34-14-12-33(13-15-34)23-7-5-6-22(31)16-23/h5-11,16-18H,3-4,12-15,19H2,1-2H3,(H,32,40). The molecule has 0 atom stereocenters. The Balaban J connectivity index is 1.30. The highest BCUT2D eigenvalue weighted by Crippen LogP contribution is 2.31. The van der Waals surface area contributed by atoms with Crippen LogP contribution in [-0.2, 0) is 6.54 Å². The van der Waals surface area contributed by atoms with Crippen molar-refractivity contribution < 1.29 is 14.3 Å². The van der Waals surface area contributed by atoms with Crippen LogP contribution in [0, 0.1) is 4.77 Å². The summed E-state index contributed by atoms with van der Waals surface area (Å²) in [4.78, 5) is 33.8. The molecule has 0 spiro atoms. The molecule has 1 aromatic heterocycles. The first-order valence-corrected chi connectivity index (χ1v) is 14.1. The number of halogens is 1. The first kappa shape index (κ1) is 27.7. The van der Waals surface area contributed by atoms with E-state index in [1.807, 2.05) is 55.1 Å². The van der Waals surface area contributed by atoms with Gasteiger partial charge in [0, 0.05) is 48.5 Å². The number of fused-ring (bicyclic) bond motifs is 1. The van der Waals surface area contributed by atoms with Crippen molar-refractivity contribution in [1.29, 1.82) is 0 Å². The molecule has 5 rings (SSSR count). The zero-order valence-corrected chi connectivity index (χ0v) is 24.1. The van der Waals surface area contributed by atoms with Gasteiger partial charge in [-0.1, -0.05) is 29.8 Å². The van der Waals surface area contributed by atoms with E-state index in [2.05, 4.69) is 9.88 Å². The topological polar surface area (TPSA) is 79.8 Å². The van der Waals surface area contributed by atoms with Crippen LogP contribution in [-0.4, -0.2) is 59.8 Å². The summed E-state index contributed by atoms with van der Waals surface area (Å²) in [6, 6.07) is 18.6. The van der Waals surface area contributed by atoms with E-state index in [4.69, 9.17) is 33.3 Å². The average molecular weight is 579 g/mol. The van der Waals surface area contributed by atoms with Gasteiger partial charge in [-0.15, -0.1) is 0 Å². The number of nitrogens with one attached hydrogen (secondary N) is 1. The summed E-state index contributed by atoms with van der Waals surface area (Å²) in [5.41, 5.74) is 2.91. The number of H-pyrrole nitrogens is 1. The predicted molar refractivity (Wildman–Crippen MR) is 161 cm³/mol. The van der Waals surface area contributed by atoms with Gasteiger partial charge in [0.2, 0.25) is 0 Å². The molecule has 8 nitrogen and oxygen atoms in total. The van der Waals surface area contributed by atoms with E-state index in [0.29, 0.717) is 64.1 Å². The molecule has 10 heteroatoms. The SMILES string of the molecule is CCOc1cc2[nH]c(=S)n(Cc3ccc(C(=O)N4CCN(c5cccc(Cl)c5)CC4)cc3)c(=O)c2cc1OCC. The Morgan fingerprint density at radius 1 is 0.950 bits per heavy atom. The third-order valence-electron chi connectivity index (χ3n) is 6.93. The number of benzene rings is 3. The number of rotatable bonds is 8. The number of anilines is 1. The van der Waals surface area contributed by atoms with Crippen molar-refractivity contribution in [3.05, 3.63) is 91.9 Å². The molecular formula is C30H31ClN4O4S. The number of hydrogen-bond acceptors (Lipinski definition) is 6. The normalized spacial score (nSPS) is 13.5. The second kappa shape index (κ2) is 12.1. The van der Waals surface area contributed by atoms with Crippen LogP contribution >= 0.6 is 23.8 Å². The Morgan fingerprint density at radius 2 is 1.62 bits per heavy atom. The molecule has 1 aliphatic rings. The van der Waals surface area contributed by atoms with E-state index in [9.17, 15) is 9.59 Å². The maximum absolute atomic E-state index is 13.4. The number of hydrogen-bond donors (Lipinski definition) is 1. The molecular weight excluding hydrogens is 548 g/mol. The first-order chi connectivity index (χ1) is 19.4. The second-order valence-corrected chi connectivity index (χ2v) is 10.3. The summed E-state index contributed by atoms with van der Waals surface area (Å²) in [7, 11) is 0. The van der Waals surface area contributed by atoms with Crippen molar-refractivity contribution in [2.45, 2.75) is 20.4 Å². The van der Waals surface area contributed by atoms with Gasteiger partial charge in [-0.05, 0) is 68.0 Å². The fourth-order valence-electron chi connectivity index (χ4n) is 4.90. The largest absolute Gasteiger partial charge is 0.490 e. The van der Waals surface area contributed by atoms with Crippen LogP contribution in [0.1, 0.15) is 29.8 Å². The van der Waals surface area contributed by atoms with Crippen LogP contribution in [0.25, 0.3) is 10.9 Å². The van der Waals surface area contributed by atoms with E-state index in [-0.39, 0.29) is 18.0 Å². The number of amides is 1. The molecule has 0 radical (unpaired) electrons. The Kier molecular flexibility index (Phi) is 8.42. The quantitative estimate of drug-likeness (QED) is 0.277. The first-order valence-electron chi connectivity index (χ1n) is 13.3. The number of piperazine rings is 1. The Hall–Kier alpha value is -3.82. The van der Waals surface area contributed by atoms with Crippen LogP contribution in [0.4, 0.5) is 5.69 Å². The Labute approximate surface area is 242 Å². The molecule has 2 heterocycles. The van der Waals surface area contributed by atoms with Gasteiger partial charge in [-0.25, -0.2) is 0 Å². The molecule has 3 aromatic carbocycles. The summed E-state index contributed by atoms with van der Waals surface area (Å²) >= 11 is 11.7. The van der Waals surface area contributed by atoms with Crippen LogP contribution in [0.2, 0.25) is 5.02 Å². The molecule has 0 bridgehead atoms. The maximum Gasteiger partial charge on any atom is 0.262 e. The third kappa shape index (κ3) is 5.85. The molecule has 40 heavy (non-hydrogen) atoms. The zero-order valence-electron chi connectivity index (χ0n) is 22.5. The highest BCUT2D eigenvalue weighted by molar-refractivity contribution is 7.71. The van der Waals surface area contributed by atoms with Crippen LogP contribution < -0.4 is 19.9 Å². The number of nitrogens with zero attached hydrogens (tertiary/aromatic N) is 3. The zero-order chi connectivity index (χ0) is 28.2. The van der Waals surface area contributed by atoms with Crippen LogP contribution in [0.3, 0.4) is 0 Å². The van der Waals surface area contributed by atoms with E-state index < -0.39 is 0 Å². The van der Waals surface area contributed by atoms with Crippen LogP contribution in [0.15, 0.2) is 65.5 Å². The lowest BCUT2D eigenvalue weighted by molar-refractivity contribution is 0.0746. The number of carbonyl (C=O) groups is 1. The minimum atomic E-state index is -0.222. The monoisotopic (exact) mass is 578 g/mol. The summed E-state index contributed by atoms with van der Waals surface area (Å²) < 4.78 is 13.2. The van der Waals surface area contributed by atoms with Crippen molar-refractivity contribution in [1.82, 2.24) is 14.5 Å². The number of aromatic amines is 1. The lowest BCUT2D eigenvalue weighted by Crippen LogP contribution is -2.48. The summed E-state index contributed by atoms with van der Waals surface area (Å²) in [5, 5.41) is 1.17. The second-order valence-electron chi connectivity index (χ2n) is 9.49. The Morgan fingerprint density at radius 3 is 2.27 bits per heavy atom. The fourth-order valence-corrected chi connectivity index (χ4v) is 5.34. The number of carbonyl (C=O) groups excluding carboxylic acids is 1. The summed E-state index contributed by atoms with van der Waals surface area (Å²) in [5.74, 6) is 1.07. The maximum atomic E-state index is 13.4. The average Bonchev–Trinajstić information content (AvgIpc) is 2.96. The molecule has 0 aliphatic carbocycles. The molecule has 1 aliphatic heterocycles. The van der Waals surface area contributed by atoms with E-state index in [1.165, 1.54) is 4.57 Å². The fraction of sp³-hybridized carbons (Fsp3) is 0.300. The third-order valence-corrected chi connectivity index (χ3v) is 7.49. The Bertz CT molecular complexity index is 1640. The van der Waals surface area contributed by atoms with Gasteiger partial charge in [0.15, 0.2) is 16.3 Å². The van der Waals surface area contributed by atoms with E-state index in [0.717, 1.165) is 24.3 Å². The van der Waals surface area contributed by atoms with Gasteiger partial charge in [0.05, 0.1) is 30.7 Å². The highest BCUT2D eigenvalue weighted by Gasteiger charge is 2.22. The highest BCUT2D eigenvalue weighted by atomic mass is 35.5. The molecule has 0 saturated carbocycles. The van der Waals surface area contributed by atoms with Gasteiger partial charge in [-0.2, -0.15) is 0 Å².